The molecule has 4 N–H and O–H groups in total. The number of phenolic OH excluding ortho intramolecular Hbond substituents is 1. The molecule has 2 aromatic rings. The average molecular weight is 400 g/mol. The van der Waals surface area contributed by atoms with Gasteiger partial charge in [-0.25, -0.2) is 4.39 Å². The number of aromatic hydroxyl groups is 1. The molecule has 2 aromatic carbocycles. The zero-order valence-corrected chi connectivity index (χ0v) is 15.5. The number of likely N-dealkylation sites (tertiary alicyclic amines) is 1. The Morgan fingerprint density at radius 1 is 1.03 bits per heavy atom. The molecule has 0 radical (unpaired) electrons. The van der Waals surface area contributed by atoms with Gasteiger partial charge in [0.05, 0.1) is 18.2 Å². The van der Waals surface area contributed by atoms with Gasteiger partial charge >= 0.3 is 0 Å². The molecule has 0 aliphatic carbocycles. The van der Waals surface area contributed by atoms with Crippen LogP contribution in [-0.4, -0.2) is 58.2 Å². The quantitative estimate of drug-likeness (QED) is 0.243. The highest BCUT2D eigenvalue weighted by molar-refractivity contribution is 6.46. The third-order valence-corrected chi connectivity index (χ3v) is 4.68. The molecule has 7 nitrogen and oxygen atoms in total. The fraction of sp³-hybridized carbons (Fsp3) is 0.238. The van der Waals surface area contributed by atoms with E-state index in [9.17, 15) is 24.2 Å². The molecule has 3 rings (SSSR count). The number of rotatable bonds is 7. The summed E-state index contributed by atoms with van der Waals surface area (Å²) in [5, 5.41) is 32.2. The van der Waals surface area contributed by atoms with Gasteiger partial charge in [-0.05, 0) is 42.0 Å². The highest BCUT2D eigenvalue weighted by atomic mass is 19.1. The second-order valence-corrected chi connectivity index (χ2v) is 6.56. The second kappa shape index (κ2) is 8.85. The summed E-state index contributed by atoms with van der Waals surface area (Å²) in [6.07, 6.45) is 0. The summed E-state index contributed by atoms with van der Waals surface area (Å²) < 4.78 is 13.2. The van der Waals surface area contributed by atoms with Crippen LogP contribution in [-0.2, 0) is 9.59 Å². The number of ketones is 1. The van der Waals surface area contributed by atoms with Gasteiger partial charge in [-0.3, -0.25) is 9.59 Å². The molecule has 29 heavy (non-hydrogen) atoms. The Hall–Kier alpha value is -3.23. The number of Topliss-reactive ketones (excluding diaryl/α,β-unsaturated/α-hetero) is 1. The Morgan fingerprint density at radius 3 is 2.31 bits per heavy atom. The van der Waals surface area contributed by atoms with Crippen molar-refractivity contribution in [1.29, 1.82) is 0 Å². The number of benzene rings is 2. The Kier molecular flexibility index (Phi) is 6.26. The third kappa shape index (κ3) is 4.28. The summed E-state index contributed by atoms with van der Waals surface area (Å²) in [4.78, 5) is 26.7. The van der Waals surface area contributed by atoms with E-state index in [4.69, 9.17) is 5.11 Å². The minimum Gasteiger partial charge on any atom is -0.508 e. The summed E-state index contributed by atoms with van der Waals surface area (Å²) in [5.74, 6) is -2.47. The van der Waals surface area contributed by atoms with Crippen LogP contribution in [0.1, 0.15) is 17.2 Å². The number of hydrogen-bond acceptors (Lipinski definition) is 6. The number of aliphatic hydroxyl groups excluding tert-OH is 2. The van der Waals surface area contributed by atoms with Crippen molar-refractivity contribution in [3.05, 3.63) is 71.0 Å². The summed E-state index contributed by atoms with van der Waals surface area (Å²) in [5.41, 5.74) is 0.647. The van der Waals surface area contributed by atoms with Crippen LogP contribution in [0.25, 0.3) is 5.76 Å². The highest BCUT2D eigenvalue weighted by Gasteiger charge is 2.45. The molecule has 152 valence electrons. The maximum atomic E-state index is 13.2. The molecule has 1 amide bonds. The van der Waals surface area contributed by atoms with Crippen molar-refractivity contribution in [1.82, 2.24) is 10.2 Å². The number of nitrogens with zero attached hydrogens (tertiary/aromatic N) is 1. The number of carbonyl (C=O) groups is 2. The molecule has 8 heteroatoms. The van der Waals surface area contributed by atoms with Gasteiger partial charge in [-0.15, -0.1) is 0 Å². The normalized spacial score (nSPS) is 18.4. The largest absolute Gasteiger partial charge is 0.508 e. The Labute approximate surface area is 166 Å². The van der Waals surface area contributed by atoms with Crippen LogP contribution in [0.5, 0.6) is 5.75 Å². The molecule has 0 bridgehead atoms. The van der Waals surface area contributed by atoms with E-state index in [2.05, 4.69) is 5.32 Å². The van der Waals surface area contributed by atoms with Crippen molar-refractivity contribution in [3.8, 4) is 5.75 Å². The van der Waals surface area contributed by atoms with Crippen LogP contribution < -0.4 is 5.32 Å². The second-order valence-electron chi connectivity index (χ2n) is 6.56. The number of aliphatic hydroxyl groups is 2. The minimum atomic E-state index is -0.864. The van der Waals surface area contributed by atoms with Gasteiger partial charge in [0.15, 0.2) is 0 Å². The highest BCUT2D eigenvalue weighted by Crippen LogP contribution is 2.39. The zero-order chi connectivity index (χ0) is 21.0. The van der Waals surface area contributed by atoms with E-state index < -0.39 is 29.3 Å². The predicted octanol–water partition coefficient (Wildman–Crippen LogP) is 1.53. The van der Waals surface area contributed by atoms with E-state index in [-0.39, 0.29) is 30.0 Å². The van der Waals surface area contributed by atoms with E-state index >= 15 is 0 Å². The average Bonchev–Trinajstić information content (AvgIpc) is 2.96. The summed E-state index contributed by atoms with van der Waals surface area (Å²) in [7, 11) is 0. The smallest absolute Gasteiger partial charge is 0.295 e. The van der Waals surface area contributed by atoms with Gasteiger partial charge in [-0.2, -0.15) is 0 Å². The summed E-state index contributed by atoms with van der Waals surface area (Å²) >= 11 is 0. The van der Waals surface area contributed by atoms with Crippen LogP contribution in [0.4, 0.5) is 4.39 Å². The lowest BCUT2D eigenvalue weighted by Gasteiger charge is -2.25. The molecule has 1 aliphatic heterocycles. The van der Waals surface area contributed by atoms with Crippen molar-refractivity contribution in [2.24, 2.45) is 0 Å². The Morgan fingerprint density at radius 2 is 1.69 bits per heavy atom. The van der Waals surface area contributed by atoms with E-state index in [1.807, 2.05) is 0 Å². The first-order valence-electron chi connectivity index (χ1n) is 9.09. The zero-order valence-electron chi connectivity index (χ0n) is 15.5. The molecule has 1 fully saturated rings. The van der Waals surface area contributed by atoms with E-state index in [0.717, 1.165) is 12.1 Å². The van der Waals surface area contributed by atoms with Gasteiger partial charge in [0, 0.05) is 25.2 Å². The van der Waals surface area contributed by atoms with Crippen molar-refractivity contribution >= 4 is 17.4 Å². The van der Waals surface area contributed by atoms with Gasteiger partial charge in [-0.1, -0.05) is 12.1 Å². The molecule has 1 atom stereocenters. The molecular weight excluding hydrogens is 379 g/mol. The number of carbonyl (C=O) groups excluding carboxylic acids is 2. The molecule has 1 unspecified atom stereocenters. The first-order valence-corrected chi connectivity index (χ1v) is 9.09. The fourth-order valence-electron chi connectivity index (χ4n) is 3.28. The third-order valence-electron chi connectivity index (χ3n) is 4.68. The van der Waals surface area contributed by atoms with E-state index in [1.54, 1.807) is 12.1 Å². The van der Waals surface area contributed by atoms with Crippen LogP contribution in [0.15, 0.2) is 54.1 Å². The Bertz CT molecular complexity index is 925. The molecular formula is C21H21FN2O5. The Balaban J connectivity index is 2.05. The first-order chi connectivity index (χ1) is 13.9. The maximum Gasteiger partial charge on any atom is 0.295 e. The monoisotopic (exact) mass is 400 g/mol. The van der Waals surface area contributed by atoms with Crippen LogP contribution in [0.3, 0.4) is 0 Å². The van der Waals surface area contributed by atoms with Gasteiger partial charge in [0.2, 0.25) is 0 Å². The SMILES string of the molecule is O=C1C(=O)N(CCNCCO)C(c2ccc(O)cc2)/C1=C(\O)c1ccc(F)cc1. The number of halogens is 1. The molecule has 0 saturated carbocycles. The van der Waals surface area contributed by atoms with Crippen LogP contribution >= 0.6 is 0 Å². The first kappa shape index (κ1) is 20.5. The molecule has 1 aliphatic rings. The van der Waals surface area contributed by atoms with E-state index in [0.29, 0.717) is 18.7 Å². The lowest BCUT2D eigenvalue weighted by molar-refractivity contribution is -0.139. The number of phenols is 1. The lowest BCUT2D eigenvalue weighted by Crippen LogP contribution is -2.36. The topological polar surface area (TPSA) is 110 Å². The molecule has 1 saturated heterocycles. The fourth-order valence-corrected chi connectivity index (χ4v) is 3.28. The van der Waals surface area contributed by atoms with E-state index in [1.165, 1.54) is 29.2 Å². The van der Waals surface area contributed by atoms with Crippen LogP contribution in [0, 0.1) is 5.82 Å². The summed E-state index contributed by atoms with van der Waals surface area (Å²) in [6.45, 7) is 0.767. The predicted molar refractivity (Wildman–Crippen MR) is 103 cm³/mol. The molecule has 1 heterocycles. The van der Waals surface area contributed by atoms with Crippen molar-refractivity contribution in [3.63, 3.8) is 0 Å². The molecule has 0 spiro atoms. The number of hydrogen-bond donors (Lipinski definition) is 4. The summed E-state index contributed by atoms with van der Waals surface area (Å²) in [6, 6.07) is 10.1. The van der Waals surface area contributed by atoms with Gasteiger partial charge < -0.3 is 25.5 Å². The van der Waals surface area contributed by atoms with Crippen molar-refractivity contribution < 1.29 is 29.3 Å². The van der Waals surface area contributed by atoms with Gasteiger partial charge in [0.1, 0.15) is 17.3 Å². The van der Waals surface area contributed by atoms with Crippen molar-refractivity contribution in [2.75, 3.05) is 26.2 Å². The minimum absolute atomic E-state index is 0.0221. The van der Waals surface area contributed by atoms with Crippen molar-refractivity contribution in [2.45, 2.75) is 6.04 Å². The number of amides is 1. The van der Waals surface area contributed by atoms with Gasteiger partial charge in [0.25, 0.3) is 11.7 Å². The van der Waals surface area contributed by atoms with Crippen LogP contribution in [0.2, 0.25) is 0 Å². The molecule has 0 aromatic heterocycles. The lowest BCUT2D eigenvalue weighted by atomic mass is 9.95. The maximum absolute atomic E-state index is 13.2. The standard InChI is InChI=1S/C21H21FN2O5/c22-15-5-1-14(2-6-15)19(27)17-18(13-3-7-16(26)8-4-13)24(21(29)20(17)28)11-9-23-10-12-25/h1-8,18,23,25-27H,9-12H2/b19-17+. The number of nitrogens with one attached hydrogen (secondary N) is 1.